The molecule has 0 saturated carbocycles. The van der Waals surface area contributed by atoms with Crippen molar-refractivity contribution in [2.24, 2.45) is 0 Å². The SMILES string of the molecule is O=C1OCN2CSCC12. The van der Waals surface area contributed by atoms with E-state index in [4.69, 9.17) is 4.74 Å². The van der Waals surface area contributed by atoms with Crippen molar-refractivity contribution in [2.75, 3.05) is 18.4 Å². The predicted octanol–water partition coefficient (Wildman–Crippen LogP) is -0.124. The summed E-state index contributed by atoms with van der Waals surface area (Å²) in [4.78, 5) is 12.8. The summed E-state index contributed by atoms with van der Waals surface area (Å²) in [5.41, 5.74) is 0. The van der Waals surface area contributed by atoms with Crippen LogP contribution >= 0.6 is 11.8 Å². The zero-order chi connectivity index (χ0) is 6.27. The number of ether oxygens (including phenoxy) is 1. The van der Waals surface area contributed by atoms with E-state index >= 15 is 0 Å². The average molecular weight is 145 g/mol. The lowest BCUT2D eigenvalue weighted by molar-refractivity contribution is -0.138. The molecule has 4 heteroatoms. The molecule has 3 nitrogen and oxygen atoms in total. The van der Waals surface area contributed by atoms with Gasteiger partial charge >= 0.3 is 5.97 Å². The van der Waals surface area contributed by atoms with E-state index in [9.17, 15) is 4.79 Å². The Bertz CT molecular complexity index is 150. The molecule has 2 fully saturated rings. The molecule has 0 N–H and O–H groups in total. The van der Waals surface area contributed by atoms with Crippen molar-refractivity contribution in [3.05, 3.63) is 0 Å². The number of carbonyl (C=O) groups excluding carboxylic acids is 1. The van der Waals surface area contributed by atoms with Gasteiger partial charge in [0, 0.05) is 11.6 Å². The maximum absolute atomic E-state index is 10.8. The van der Waals surface area contributed by atoms with E-state index in [0.717, 1.165) is 11.6 Å². The second-order valence-electron chi connectivity index (χ2n) is 2.20. The monoisotopic (exact) mass is 145 g/mol. The van der Waals surface area contributed by atoms with E-state index in [0.29, 0.717) is 6.73 Å². The van der Waals surface area contributed by atoms with Crippen LogP contribution in [0.5, 0.6) is 0 Å². The van der Waals surface area contributed by atoms with Gasteiger partial charge in [-0.25, -0.2) is 4.90 Å². The Hall–Kier alpha value is -0.220. The lowest BCUT2D eigenvalue weighted by Gasteiger charge is -2.04. The molecule has 0 amide bonds. The van der Waals surface area contributed by atoms with Crippen molar-refractivity contribution in [3.8, 4) is 0 Å². The van der Waals surface area contributed by atoms with E-state index in [1.165, 1.54) is 0 Å². The van der Waals surface area contributed by atoms with Crippen molar-refractivity contribution >= 4 is 17.7 Å². The highest BCUT2D eigenvalue weighted by atomic mass is 32.2. The molecule has 1 unspecified atom stereocenters. The summed E-state index contributed by atoms with van der Waals surface area (Å²) in [6.07, 6.45) is 0. The Morgan fingerprint density at radius 1 is 1.78 bits per heavy atom. The molecular formula is C5H7NO2S. The van der Waals surface area contributed by atoms with Crippen LogP contribution in [0.15, 0.2) is 0 Å². The minimum absolute atomic E-state index is 0.0417. The molecule has 0 aromatic carbocycles. The molecule has 0 aliphatic carbocycles. The van der Waals surface area contributed by atoms with Crippen LogP contribution in [0.1, 0.15) is 0 Å². The fourth-order valence-electron chi connectivity index (χ4n) is 1.06. The molecule has 0 bridgehead atoms. The lowest BCUT2D eigenvalue weighted by atomic mass is 10.3. The molecule has 2 saturated heterocycles. The number of carbonyl (C=O) groups is 1. The molecular weight excluding hydrogens is 138 g/mol. The van der Waals surface area contributed by atoms with Gasteiger partial charge in [-0.3, -0.25) is 4.79 Å². The van der Waals surface area contributed by atoms with Gasteiger partial charge in [0.25, 0.3) is 0 Å². The zero-order valence-electron chi connectivity index (χ0n) is 4.87. The summed E-state index contributed by atoms with van der Waals surface area (Å²) in [6.45, 7) is 0.510. The van der Waals surface area contributed by atoms with Crippen LogP contribution in [0.3, 0.4) is 0 Å². The van der Waals surface area contributed by atoms with E-state index in [2.05, 4.69) is 0 Å². The fourth-order valence-corrected chi connectivity index (χ4v) is 2.23. The Morgan fingerprint density at radius 2 is 2.67 bits per heavy atom. The van der Waals surface area contributed by atoms with Crippen molar-refractivity contribution < 1.29 is 9.53 Å². The molecule has 2 aliphatic rings. The molecule has 2 aliphatic heterocycles. The van der Waals surface area contributed by atoms with E-state index in [1.54, 1.807) is 11.8 Å². The summed E-state index contributed by atoms with van der Waals surface area (Å²) >= 11 is 1.79. The second-order valence-corrected chi connectivity index (χ2v) is 3.20. The Labute approximate surface area is 57.3 Å². The molecule has 0 aromatic rings. The number of cyclic esters (lactones) is 1. The summed E-state index contributed by atoms with van der Waals surface area (Å²) in [6, 6.07) is 0.0787. The molecule has 2 heterocycles. The zero-order valence-corrected chi connectivity index (χ0v) is 5.69. The third kappa shape index (κ3) is 0.737. The average Bonchev–Trinajstić information content (AvgIpc) is 2.35. The number of esters is 1. The molecule has 0 radical (unpaired) electrons. The van der Waals surface area contributed by atoms with Gasteiger partial charge in [0.15, 0.2) is 0 Å². The van der Waals surface area contributed by atoms with Crippen molar-refractivity contribution in [1.29, 1.82) is 0 Å². The van der Waals surface area contributed by atoms with E-state index in [-0.39, 0.29) is 12.0 Å². The molecule has 50 valence electrons. The van der Waals surface area contributed by atoms with Crippen LogP contribution in [0.25, 0.3) is 0 Å². The third-order valence-corrected chi connectivity index (χ3v) is 2.68. The number of fused-ring (bicyclic) bond motifs is 1. The maximum Gasteiger partial charge on any atom is 0.325 e. The van der Waals surface area contributed by atoms with Gasteiger partial charge in [-0.1, -0.05) is 0 Å². The normalized spacial score (nSPS) is 34.7. The van der Waals surface area contributed by atoms with E-state index in [1.807, 2.05) is 4.90 Å². The molecule has 0 spiro atoms. The predicted molar refractivity (Wildman–Crippen MR) is 33.9 cm³/mol. The van der Waals surface area contributed by atoms with Gasteiger partial charge in [-0.15, -0.1) is 11.8 Å². The molecule has 2 rings (SSSR count). The first-order valence-corrected chi connectivity index (χ1v) is 4.02. The smallest absolute Gasteiger partial charge is 0.325 e. The van der Waals surface area contributed by atoms with Crippen molar-refractivity contribution in [3.63, 3.8) is 0 Å². The highest BCUT2D eigenvalue weighted by Crippen LogP contribution is 2.25. The maximum atomic E-state index is 10.8. The first kappa shape index (κ1) is 5.56. The fraction of sp³-hybridized carbons (Fsp3) is 0.800. The van der Waals surface area contributed by atoms with Crippen LogP contribution < -0.4 is 0 Å². The first-order chi connectivity index (χ1) is 4.38. The van der Waals surface area contributed by atoms with Crippen molar-refractivity contribution in [1.82, 2.24) is 4.90 Å². The van der Waals surface area contributed by atoms with Gasteiger partial charge in [0.05, 0.1) is 0 Å². The first-order valence-electron chi connectivity index (χ1n) is 2.86. The molecule has 1 atom stereocenters. The number of rotatable bonds is 0. The molecule has 9 heavy (non-hydrogen) atoms. The summed E-state index contributed by atoms with van der Waals surface area (Å²) in [5.74, 6) is 1.83. The second kappa shape index (κ2) is 1.88. The summed E-state index contributed by atoms with van der Waals surface area (Å²) < 4.78 is 4.79. The third-order valence-electron chi connectivity index (χ3n) is 1.62. The topological polar surface area (TPSA) is 29.5 Å². The van der Waals surface area contributed by atoms with Gasteiger partial charge in [0.1, 0.15) is 12.8 Å². The quantitative estimate of drug-likeness (QED) is 0.444. The van der Waals surface area contributed by atoms with Crippen LogP contribution in [-0.2, 0) is 9.53 Å². The standard InChI is InChI=1S/C5H7NO2S/c7-5-4-1-9-3-6(4)2-8-5/h4H,1-3H2. The minimum Gasteiger partial charge on any atom is -0.448 e. The van der Waals surface area contributed by atoms with E-state index < -0.39 is 0 Å². The summed E-state index contributed by atoms with van der Waals surface area (Å²) in [5, 5.41) is 0. The van der Waals surface area contributed by atoms with Gasteiger partial charge < -0.3 is 4.74 Å². The Balaban J connectivity index is 2.15. The van der Waals surface area contributed by atoms with Crippen LogP contribution in [0.4, 0.5) is 0 Å². The minimum atomic E-state index is -0.0417. The molecule has 0 aromatic heterocycles. The lowest BCUT2D eigenvalue weighted by Crippen LogP contribution is -2.27. The number of thioether (sulfide) groups is 1. The number of nitrogens with zero attached hydrogens (tertiary/aromatic N) is 1. The van der Waals surface area contributed by atoms with Crippen LogP contribution in [0, 0.1) is 0 Å². The van der Waals surface area contributed by atoms with Gasteiger partial charge in [-0.2, -0.15) is 0 Å². The number of hydrogen-bond acceptors (Lipinski definition) is 4. The Kier molecular flexibility index (Phi) is 1.16. The van der Waals surface area contributed by atoms with Gasteiger partial charge in [0.2, 0.25) is 0 Å². The number of hydrogen-bond donors (Lipinski definition) is 0. The summed E-state index contributed by atoms with van der Waals surface area (Å²) in [7, 11) is 0. The van der Waals surface area contributed by atoms with Crippen LogP contribution in [0.2, 0.25) is 0 Å². The van der Waals surface area contributed by atoms with Crippen LogP contribution in [-0.4, -0.2) is 35.3 Å². The highest BCUT2D eigenvalue weighted by Gasteiger charge is 2.38. The highest BCUT2D eigenvalue weighted by molar-refractivity contribution is 7.99. The Morgan fingerprint density at radius 3 is 3.44 bits per heavy atom. The van der Waals surface area contributed by atoms with Gasteiger partial charge in [-0.05, 0) is 0 Å². The van der Waals surface area contributed by atoms with Crippen molar-refractivity contribution in [2.45, 2.75) is 6.04 Å². The largest absolute Gasteiger partial charge is 0.448 e.